The van der Waals surface area contributed by atoms with Crippen LogP contribution in [-0.4, -0.2) is 19.2 Å². The van der Waals surface area contributed by atoms with Crippen LogP contribution in [-0.2, 0) is 6.42 Å². The summed E-state index contributed by atoms with van der Waals surface area (Å²) in [6.07, 6.45) is 8.18. The molecule has 0 amide bonds. The van der Waals surface area contributed by atoms with Crippen molar-refractivity contribution >= 4 is 5.65 Å². The number of aryl methyl sites for hydroxylation is 1. The van der Waals surface area contributed by atoms with Crippen LogP contribution in [0.25, 0.3) is 11.3 Å². The highest BCUT2D eigenvalue weighted by molar-refractivity contribution is 5.50. The molecule has 5 aromatic rings. The number of benzene rings is 2. The van der Waals surface area contributed by atoms with Gasteiger partial charge in [0.05, 0.1) is 17.6 Å². The number of aromatic nitrogens is 4. The minimum Gasteiger partial charge on any atom is -0.293 e. The summed E-state index contributed by atoms with van der Waals surface area (Å²) in [4.78, 5) is 4.40. The van der Waals surface area contributed by atoms with Crippen LogP contribution in [0.2, 0.25) is 0 Å². The highest BCUT2D eigenvalue weighted by Gasteiger charge is 2.27. The molecule has 1 unspecified atom stereocenters. The van der Waals surface area contributed by atoms with E-state index in [1.54, 1.807) is 0 Å². The first kappa shape index (κ1) is 17.7. The molecule has 1 aliphatic rings. The lowest BCUT2D eigenvalue weighted by Crippen LogP contribution is -2.01. The van der Waals surface area contributed by atoms with Gasteiger partial charge in [0.15, 0.2) is 0 Å². The van der Waals surface area contributed by atoms with Gasteiger partial charge < -0.3 is 0 Å². The van der Waals surface area contributed by atoms with Gasteiger partial charge in [0, 0.05) is 23.9 Å². The fourth-order valence-corrected chi connectivity index (χ4v) is 4.38. The zero-order valence-corrected chi connectivity index (χ0v) is 16.9. The Hall–Kier alpha value is -4.10. The lowest BCUT2D eigenvalue weighted by Gasteiger charge is -2.10. The maximum atomic E-state index is 4.97. The summed E-state index contributed by atoms with van der Waals surface area (Å²) in [5, 5.41) is 4.97. The van der Waals surface area contributed by atoms with Gasteiger partial charge in [-0.25, -0.2) is 9.67 Å². The summed E-state index contributed by atoms with van der Waals surface area (Å²) in [6.45, 7) is 0. The molecule has 0 saturated heterocycles. The second kappa shape index (κ2) is 7.30. The third-order valence-corrected chi connectivity index (χ3v) is 5.92. The molecule has 3 aromatic heterocycles. The van der Waals surface area contributed by atoms with Crippen LogP contribution in [0.1, 0.15) is 40.4 Å². The van der Waals surface area contributed by atoms with E-state index >= 15 is 0 Å². The summed E-state index contributed by atoms with van der Waals surface area (Å²) in [6, 6.07) is 24.9. The van der Waals surface area contributed by atoms with Gasteiger partial charge in [-0.05, 0) is 60.2 Å². The largest absolute Gasteiger partial charge is 0.293 e. The van der Waals surface area contributed by atoms with E-state index in [9.17, 15) is 0 Å². The maximum absolute atomic E-state index is 4.97. The lowest BCUT2D eigenvalue weighted by atomic mass is 9.97. The van der Waals surface area contributed by atoms with E-state index in [0.717, 1.165) is 35.4 Å². The summed E-state index contributed by atoms with van der Waals surface area (Å²) in [5.74, 6) is 6.92. The van der Waals surface area contributed by atoms with Crippen molar-refractivity contribution in [3.63, 3.8) is 0 Å². The van der Waals surface area contributed by atoms with Crippen LogP contribution in [0.4, 0.5) is 0 Å². The van der Waals surface area contributed by atoms with Gasteiger partial charge in [-0.1, -0.05) is 48.4 Å². The molecule has 0 saturated carbocycles. The molecule has 1 atom stereocenters. The van der Waals surface area contributed by atoms with Gasteiger partial charge in [-0.2, -0.15) is 5.10 Å². The standard InChI is InChI=1S/C27H20N4/c1-2-8-21(9-3-1)25-15-13-22-19-31(29-27(22)25)23-10-6-7-20(17-23)12-14-24-18-28-26-11-4-5-16-30(24)26/h1-11,16-19,25H,13,15H2. The van der Waals surface area contributed by atoms with Gasteiger partial charge in [-0.3, -0.25) is 4.40 Å². The van der Waals surface area contributed by atoms with Crippen molar-refractivity contribution in [2.75, 3.05) is 0 Å². The molecule has 6 rings (SSSR count). The Morgan fingerprint density at radius 2 is 1.81 bits per heavy atom. The monoisotopic (exact) mass is 400 g/mol. The summed E-state index contributed by atoms with van der Waals surface area (Å²) in [7, 11) is 0. The molecule has 1 aliphatic carbocycles. The molecule has 0 fully saturated rings. The summed E-state index contributed by atoms with van der Waals surface area (Å²) in [5.41, 5.74) is 7.66. The SMILES string of the molecule is C(#Cc1cnc2ccccn12)c1cccc(-n2cc3c(n2)C(c2ccccc2)CC3)c1. The Morgan fingerprint density at radius 1 is 0.903 bits per heavy atom. The van der Waals surface area contributed by atoms with Gasteiger partial charge in [0.1, 0.15) is 11.3 Å². The average Bonchev–Trinajstić information content (AvgIpc) is 3.53. The Labute approximate surface area is 180 Å². The number of hydrogen-bond donors (Lipinski definition) is 0. The zero-order chi connectivity index (χ0) is 20.6. The van der Waals surface area contributed by atoms with Crippen molar-refractivity contribution in [1.82, 2.24) is 19.2 Å². The minimum atomic E-state index is 0.385. The average molecular weight is 400 g/mol. The highest BCUT2D eigenvalue weighted by atomic mass is 15.3. The fraction of sp³-hybridized carbons (Fsp3) is 0.111. The van der Waals surface area contributed by atoms with E-state index in [0.29, 0.717) is 5.92 Å². The second-order valence-electron chi connectivity index (χ2n) is 7.86. The Morgan fingerprint density at radius 3 is 2.74 bits per heavy atom. The predicted molar refractivity (Wildman–Crippen MR) is 121 cm³/mol. The molecule has 0 bridgehead atoms. The van der Waals surface area contributed by atoms with E-state index in [-0.39, 0.29) is 0 Å². The minimum absolute atomic E-state index is 0.385. The van der Waals surface area contributed by atoms with Crippen LogP contribution in [0.5, 0.6) is 0 Å². The molecular formula is C27H20N4. The molecule has 0 spiro atoms. The summed E-state index contributed by atoms with van der Waals surface area (Å²) >= 11 is 0. The van der Waals surface area contributed by atoms with Gasteiger partial charge in [0.25, 0.3) is 0 Å². The quantitative estimate of drug-likeness (QED) is 0.391. The van der Waals surface area contributed by atoms with E-state index in [1.807, 2.05) is 51.8 Å². The van der Waals surface area contributed by atoms with Crippen molar-refractivity contribution in [3.05, 3.63) is 119 Å². The number of rotatable bonds is 2. The second-order valence-corrected chi connectivity index (χ2v) is 7.86. The third kappa shape index (κ3) is 3.21. The van der Waals surface area contributed by atoms with Crippen molar-refractivity contribution < 1.29 is 0 Å². The fourth-order valence-electron chi connectivity index (χ4n) is 4.38. The first-order chi connectivity index (χ1) is 15.3. The van der Waals surface area contributed by atoms with Crippen LogP contribution in [0, 0.1) is 11.8 Å². The molecule has 0 radical (unpaired) electrons. The van der Waals surface area contributed by atoms with Crippen molar-refractivity contribution in [2.24, 2.45) is 0 Å². The van der Waals surface area contributed by atoms with Crippen molar-refractivity contribution in [3.8, 4) is 17.5 Å². The molecule has 31 heavy (non-hydrogen) atoms. The molecule has 148 valence electrons. The topological polar surface area (TPSA) is 35.1 Å². The maximum Gasteiger partial charge on any atom is 0.137 e. The summed E-state index contributed by atoms with van der Waals surface area (Å²) < 4.78 is 4.00. The first-order valence-corrected chi connectivity index (χ1v) is 10.5. The van der Waals surface area contributed by atoms with Crippen molar-refractivity contribution in [2.45, 2.75) is 18.8 Å². The molecule has 3 heterocycles. The Balaban J connectivity index is 1.32. The number of fused-ring (bicyclic) bond motifs is 2. The van der Waals surface area contributed by atoms with Gasteiger partial charge >= 0.3 is 0 Å². The third-order valence-electron chi connectivity index (χ3n) is 5.92. The molecule has 4 heteroatoms. The lowest BCUT2D eigenvalue weighted by molar-refractivity contribution is 0.726. The van der Waals surface area contributed by atoms with E-state index in [2.05, 4.69) is 65.5 Å². The molecular weight excluding hydrogens is 380 g/mol. The molecule has 2 aromatic carbocycles. The van der Waals surface area contributed by atoms with Crippen LogP contribution < -0.4 is 0 Å². The van der Waals surface area contributed by atoms with E-state index in [1.165, 1.54) is 16.8 Å². The number of imidazole rings is 1. The number of hydrogen-bond acceptors (Lipinski definition) is 2. The number of pyridine rings is 1. The molecule has 0 N–H and O–H groups in total. The van der Waals surface area contributed by atoms with Crippen molar-refractivity contribution in [1.29, 1.82) is 0 Å². The highest BCUT2D eigenvalue weighted by Crippen LogP contribution is 2.37. The van der Waals surface area contributed by atoms with E-state index < -0.39 is 0 Å². The van der Waals surface area contributed by atoms with Gasteiger partial charge in [-0.15, -0.1) is 0 Å². The Kier molecular flexibility index (Phi) is 4.18. The normalized spacial score (nSPS) is 14.9. The van der Waals surface area contributed by atoms with Crippen LogP contribution in [0.15, 0.2) is 91.4 Å². The predicted octanol–water partition coefficient (Wildman–Crippen LogP) is 5.00. The van der Waals surface area contributed by atoms with Crippen LogP contribution in [0.3, 0.4) is 0 Å². The zero-order valence-electron chi connectivity index (χ0n) is 16.9. The Bertz CT molecular complexity index is 1450. The van der Waals surface area contributed by atoms with Gasteiger partial charge in [0.2, 0.25) is 0 Å². The molecule has 4 nitrogen and oxygen atoms in total. The first-order valence-electron chi connectivity index (χ1n) is 10.5. The van der Waals surface area contributed by atoms with E-state index in [4.69, 9.17) is 5.10 Å². The smallest absolute Gasteiger partial charge is 0.137 e. The molecule has 0 aliphatic heterocycles. The van der Waals surface area contributed by atoms with Crippen LogP contribution >= 0.6 is 0 Å². The number of nitrogens with zero attached hydrogens (tertiary/aromatic N) is 4.